The van der Waals surface area contributed by atoms with Crippen LogP contribution in [0.4, 0.5) is 0 Å². The van der Waals surface area contributed by atoms with E-state index in [1.807, 2.05) is 0 Å². The minimum atomic E-state index is -3.78. The number of hydrogen-bond acceptors (Lipinski definition) is 3. The fraction of sp³-hybridized carbons (Fsp3) is 0.154. The van der Waals surface area contributed by atoms with Crippen molar-refractivity contribution in [3.63, 3.8) is 0 Å². The van der Waals surface area contributed by atoms with Crippen LogP contribution in [0.5, 0.6) is 0 Å². The van der Waals surface area contributed by atoms with E-state index >= 15 is 0 Å². The van der Waals surface area contributed by atoms with E-state index < -0.39 is 16.1 Å². The normalized spacial score (nSPS) is 13.1. The molecular weight excluding hydrogens is 355 g/mol. The molecule has 1 heterocycles. The molecule has 1 aromatic carbocycles. The van der Waals surface area contributed by atoms with Gasteiger partial charge in [-0.2, -0.15) is 0 Å². The van der Waals surface area contributed by atoms with E-state index in [1.54, 1.807) is 25.1 Å². The van der Waals surface area contributed by atoms with Crippen LogP contribution in [-0.2, 0) is 10.0 Å². The maximum absolute atomic E-state index is 12.3. The van der Waals surface area contributed by atoms with Crippen LogP contribution >= 0.6 is 34.8 Å². The van der Waals surface area contributed by atoms with Crippen LogP contribution in [0.3, 0.4) is 0 Å². The van der Waals surface area contributed by atoms with Crippen LogP contribution in [0.2, 0.25) is 15.2 Å². The molecule has 1 N–H and O–H groups in total. The van der Waals surface area contributed by atoms with Crippen LogP contribution in [0.15, 0.2) is 41.4 Å². The van der Waals surface area contributed by atoms with Crippen molar-refractivity contribution in [1.29, 1.82) is 0 Å². The summed E-state index contributed by atoms with van der Waals surface area (Å²) in [5.74, 6) is 0. The highest BCUT2D eigenvalue weighted by molar-refractivity contribution is 7.89. The third kappa shape index (κ3) is 3.87. The molecule has 0 saturated carbocycles. The maximum atomic E-state index is 12.3. The fourth-order valence-corrected chi connectivity index (χ4v) is 3.71. The Hall–Kier alpha value is -0.850. The van der Waals surface area contributed by atoms with Crippen LogP contribution in [0.25, 0.3) is 0 Å². The van der Waals surface area contributed by atoms with Gasteiger partial charge in [0.2, 0.25) is 10.0 Å². The van der Waals surface area contributed by atoms with Gasteiger partial charge in [0.05, 0.1) is 10.0 Å². The number of pyridine rings is 1. The summed E-state index contributed by atoms with van der Waals surface area (Å²) in [5.41, 5.74) is 0.688. The van der Waals surface area contributed by atoms with E-state index in [0.717, 1.165) is 0 Å². The largest absolute Gasteiger partial charge is 0.244 e. The van der Waals surface area contributed by atoms with Crippen molar-refractivity contribution in [2.75, 3.05) is 0 Å². The molecule has 112 valence electrons. The lowest BCUT2D eigenvalue weighted by molar-refractivity contribution is 0.566. The molecule has 0 saturated heterocycles. The number of hydrogen-bond donors (Lipinski definition) is 1. The third-order valence-electron chi connectivity index (χ3n) is 2.79. The van der Waals surface area contributed by atoms with E-state index in [0.29, 0.717) is 15.6 Å². The van der Waals surface area contributed by atoms with Gasteiger partial charge < -0.3 is 0 Å². The molecule has 0 aliphatic heterocycles. The lowest BCUT2D eigenvalue weighted by Crippen LogP contribution is -2.27. The molecule has 0 bridgehead atoms. The van der Waals surface area contributed by atoms with Crippen molar-refractivity contribution in [2.45, 2.75) is 17.9 Å². The zero-order valence-corrected chi connectivity index (χ0v) is 13.9. The van der Waals surface area contributed by atoms with E-state index in [-0.39, 0.29) is 10.0 Å². The van der Waals surface area contributed by atoms with Crippen molar-refractivity contribution in [2.24, 2.45) is 0 Å². The second-order valence-electron chi connectivity index (χ2n) is 4.31. The van der Waals surface area contributed by atoms with Gasteiger partial charge in [-0.05, 0) is 36.8 Å². The summed E-state index contributed by atoms with van der Waals surface area (Å²) in [6, 6.07) is 7.32. The minimum Gasteiger partial charge on any atom is -0.243 e. The Morgan fingerprint density at radius 2 is 1.86 bits per heavy atom. The SMILES string of the molecule is CC(NS(=O)(=O)c1cccnc1Cl)c1ccc(Cl)c(Cl)c1. The summed E-state index contributed by atoms with van der Waals surface area (Å²) < 4.78 is 27.1. The third-order valence-corrected chi connectivity index (χ3v) is 5.51. The van der Waals surface area contributed by atoms with E-state index in [9.17, 15) is 8.42 Å². The number of sulfonamides is 1. The first-order valence-corrected chi connectivity index (χ1v) is 8.51. The molecule has 1 atom stereocenters. The summed E-state index contributed by atoms with van der Waals surface area (Å²) in [7, 11) is -3.78. The summed E-state index contributed by atoms with van der Waals surface area (Å²) in [6.45, 7) is 1.70. The van der Waals surface area contributed by atoms with E-state index in [1.165, 1.54) is 18.3 Å². The molecule has 0 amide bonds. The molecule has 4 nitrogen and oxygen atoms in total. The molecule has 0 aliphatic rings. The summed E-state index contributed by atoms with van der Waals surface area (Å²) >= 11 is 17.6. The molecule has 0 radical (unpaired) electrons. The number of rotatable bonds is 4. The van der Waals surface area contributed by atoms with Crippen molar-refractivity contribution < 1.29 is 8.42 Å². The molecule has 1 aromatic heterocycles. The maximum Gasteiger partial charge on any atom is 0.244 e. The summed E-state index contributed by atoms with van der Waals surface area (Å²) in [5, 5.41) is 0.691. The quantitative estimate of drug-likeness (QED) is 0.830. The highest BCUT2D eigenvalue weighted by Crippen LogP contribution is 2.27. The zero-order chi connectivity index (χ0) is 15.6. The lowest BCUT2D eigenvalue weighted by atomic mass is 10.1. The first kappa shape index (κ1) is 16.5. The molecule has 0 fully saturated rings. The highest BCUT2D eigenvalue weighted by Gasteiger charge is 2.21. The minimum absolute atomic E-state index is 0.0708. The number of benzene rings is 1. The van der Waals surface area contributed by atoms with Crippen LogP contribution in [0.1, 0.15) is 18.5 Å². The summed E-state index contributed by atoms with van der Waals surface area (Å²) in [6.07, 6.45) is 1.42. The molecule has 0 aliphatic carbocycles. The van der Waals surface area contributed by atoms with Gasteiger partial charge in [0.1, 0.15) is 10.0 Å². The first-order chi connectivity index (χ1) is 9.81. The topological polar surface area (TPSA) is 59.1 Å². The van der Waals surface area contributed by atoms with Crippen molar-refractivity contribution in [3.8, 4) is 0 Å². The Morgan fingerprint density at radius 3 is 2.48 bits per heavy atom. The Kier molecular flexibility index (Phi) is 5.11. The Bertz CT molecular complexity index is 766. The van der Waals surface area contributed by atoms with Gasteiger partial charge in [0, 0.05) is 12.2 Å². The fourth-order valence-electron chi connectivity index (χ4n) is 1.72. The van der Waals surface area contributed by atoms with E-state index in [2.05, 4.69) is 9.71 Å². The summed E-state index contributed by atoms with van der Waals surface area (Å²) in [4.78, 5) is 3.69. The lowest BCUT2D eigenvalue weighted by Gasteiger charge is -2.15. The molecule has 2 rings (SSSR count). The number of halogens is 3. The predicted octanol–water partition coefficient (Wildman–Crippen LogP) is 4.08. The molecular formula is C13H11Cl3N2O2S. The van der Waals surface area contributed by atoms with Crippen molar-refractivity contribution in [1.82, 2.24) is 9.71 Å². The van der Waals surface area contributed by atoms with Gasteiger partial charge in [-0.25, -0.2) is 18.1 Å². The second kappa shape index (κ2) is 6.50. The van der Waals surface area contributed by atoms with Gasteiger partial charge in [-0.15, -0.1) is 0 Å². The Labute approximate surface area is 138 Å². The molecule has 8 heteroatoms. The van der Waals surface area contributed by atoms with Crippen LogP contribution < -0.4 is 4.72 Å². The van der Waals surface area contributed by atoms with Crippen molar-refractivity contribution in [3.05, 3.63) is 57.3 Å². The van der Waals surface area contributed by atoms with Gasteiger partial charge in [-0.1, -0.05) is 40.9 Å². The average molecular weight is 366 g/mol. The van der Waals surface area contributed by atoms with Gasteiger partial charge >= 0.3 is 0 Å². The van der Waals surface area contributed by atoms with Gasteiger partial charge in [0.25, 0.3) is 0 Å². The van der Waals surface area contributed by atoms with Crippen molar-refractivity contribution >= 4 is 44.8 Å². The number of aromatic nitrogens is 1. The highest BCUT2D eigenvalue weighted by atomic mass is 35.5. The molecule has 2 aromatic rings. The monoisotopic (exact) mass is 364 g/mol. The first-order valence-electron chi connectivity index (χ1n) is 5.89. The smallest absolute Gasteiger partial charge is 0.243 e. The van der Waals surface area contributed by atoms with Crippen LogP contribution in [-0.4, -0.2) is 13.4 Å². The van der Waals surface area contributed by atoms with Gasteiger partial charge in [-0.3, -0.25) is 0 Å². The average Bonchev–Trinajstić information content (AvgIpc) is 2.41. The standard InChI is InChI=1S/C13H11Cl3N2O2S/c1-8(9-4-5-10(14)11(15)7-9)18-21(19,20)12-3-2-6-17-13(12)16/h2-8,18H,1H3. The van der Waals surface area contributed by atoms with E-state index in [4.69, 9.17) is 34.8 Å². The second-order valence-corrected chi connectivity index (χ2v) is 7.16. The van der Waals surface area contributed by atoms with Crippen LogP contribution in [0, 0.1) is 0 Å². The zero-order valence-electron chi connectivity index (χ0n) is 10.8. The Balaban J connectivity index is 2.28. The number of nitrogens with one attached hydrogen (secondary N) is 1. The predicted molar refractivity (Wildman–Crippen MR) is 84.4 cm³/mol. The molecule has 0 spiro atoms. The molecule has 1 unspecified atom stereocenters. The number of nitrogens with zero attached hydrogens (tertiary/aromatic N) is 1. The van der Waals surface area contributed by atoms with Gasteiger partial charge in [0.15, 0.2) is 0 Å². The molecule has 21 heavy (non-hydrogen) atoms. The Morgan fingerprint density at radius 1 is 1.14 bits per heavy atom.